The minimum Gasteiger partial charge on any atom is -0.325 e. The van der Waals surface area contributed by atoms with Crippen LogP contribution in [0.5, 0.6) is 0 Å². The third-order valence-electron chi connectivity index (χ3n) is 4.95. The second kappa shape index (κ2) is 8.49. The van der Waals surface area contributed by atoms with Crippen molar-refractivity contribution < 1.29 is 0 Å². The Labute approximate surface area is 143 Å². The lowest BCUT2D eigenvalue weighted by Gasteiger charge is -2.37. The van der Waals surface area contributed by atoms with Gasteiger partial charge in [0.25, 0.3) is 0 Å². The summed E-state index contributed by atoms with van der Waals surface area (Å²) in [5.74, 6) is 1.48. The molecule has 0 spiro atoms. The first-order valence-corrected chi connectivity index (χ1v) is 8.88. The van der Waals surface area contributed by atoms with Crippen molar-refractivity contribution in [1.29, 1.82) is 0 Å². The molecule has 0 heterocycles. The molecule has 0 bridgehead atoms. The van der Waals surface area contributed by atoms with Gasteiger partial charge >= 0.3 is 0 Å². The summed E-state index contributed by atoms with van der Waals surface area (Å²) in [6, 6.07) is 8.78. The smallest absolute Gasteiger partial charge is 0.0194 e. The summed E-state index contributed by atoms with van der Waals surface area (Å²) in [5.41, 5.74) is 10.6. The molecular weight excluding hydrogens is 278 g/mol. The number of hydrogen-bond donors (Lipinski definition) is 1. The first-order valence-electron chi connectivity index (χ1n) is 8.88. The predicted molar refractivity (Wildman–Crippen MR) is 105 cm³/mol. The molecule has 0 saturated heterocycles. The van der Waals surface area contributed by atoms with Gasteiger partial charge in [-0.3, -0.25) is 0 Å². The molecule has 1 heteroatoms. The van der Waals surface area contributed by atoms with Crippen LogP contribution in [-0.2, 0) is 0 Å². The van der Waals surface area contributed by atoms with Gasteiger partial charge in [-0.15, -0.1) is 6.58 Å². The van der Waals surface area contributed by atoms with Crippen LogP contribution in [0.1, 0.15) is 71.4 Å². The molecule has 0 aliphatic carbocycles. The van der Waals surface area contributed by atoms with Gasteiger partial charge in [0.05, 0.1) is 0 Å². The van der Waals surface area contributed by atoms with Crippen LogP contribution < -0.4 is 5.73 Å². The van der Waals surface area contributed by atoms with E-state index in [1.54, 1.807) is 0 Å². The topological polar surface area (TPSA) is 26.0 Å². The molecule has 1 rings (SSSR count). The van der Waals surface area contributed by atoms with Crippen molar-refractivity contribution >= 4 is 5.57 Å². The molecular formula is C22H35N. The molecule has 2 unspecified atom stereocenters. The summed E-state index contributed by atoms with van der Waals surface area (Å²) in [6.45, 7) is 17.3. The Bertz CT molecular complexity index is 535. The Morgan fingerprint density at radius 2 is 1.83 bits per heavy atom. The van der Waals surface area contributed by atoms with Gasteiger partial charge in [0.15, 0.2) is 0 Å². The van der Waals surface area contributed by atoms with Gasteiger partial charge < -0.3 is 5.73 Å². The number of allylic oxidation sites excluding steroid dienone is 2. The predicted octanol–water partition coefficient (Wildman–Crippen LogP) is 6.17. The fraction of sp³-hybridized carbons (Fsp3) is 0.545. The van der Waals surface area contributed by atoms with Crippen molar-refractivity contribution in [2.75, 3.05) is 0 Å². The SMILES string of the molecule is C=CCC(C)(N)C(C/C(=C/C)c1ccccc1C(C)C)C(C)C. The van der Waals surface area contributed by atoms with Crippen LogP contribution in [0.2, 0.25) is 0 Å². The number of rotatable bonds is 8. The second-order valence-corrected chi connectivity index (χ2v) is 7.61. The second-order valence-electron chi connectivity index (χ2n) is 7.61. The van der Waals surface area contributed by atoms with Gasteiger partial charge in [0, 0.05) is 5.54 Å². The summed E-state index contributed by atoms with van der Waals surface area (Å²) < 4.78 is 0. The molecule has 1 aromatic carbocycles. The van der Waals surface area contributed by atoms with Gasteiger partial charge in [-0.1, -0.05) is 64.1 Å². The lowest BCUT2D eigenvalue weighted by Crippen LogP contribution is -2.46. The van der Waals surface area contributed by atoms with Gasteiger partial charge in [0.1, 0.15) is 0 Å². The van der Waals surface area contributed by atoms with Gasteiger partial charge in [-0.2, -0.15) is 0 Å². The van der Waals surface area contributed by atoms with E-state index in [9.17, 15) is 0 Å². The van der Waals surface area contributed by atoms with Gasteiger partial charge in [-0.05, 0) is 61.1 Å². The molecule has 0 saturated carbocycles. The van der Waals surface area contributed by atoms with Crippen molar-refractivity contribution in [2.45, 2.75) is 65.8 Å². The fourth-order valence-electron chi connectivity index (χ4n) is 3.61. The maximum absolute atomic E-state index is 6.65. The van der Waals surface area contributed by atoms with Gasteiger partial charge in [0.2, 0.25) is 0 Å². The van der Waals surface area contributed by atoms with E-state index in [1.165, 1.54) is 16.7 Å². The largest absolute Gasteiger partial charge is 0.325 e. The molecule has 0 amide bonds. The molecule has 0 aromatic heterocycles. The number of hydrogen-bond acceptors (Lipinski definition) is 1. The molecule has 2 N–H and O–H groups in total. The molecule has 1 nitrogen and oxygen atoms in total. The average Bonchev–Trinajstić information content (AvgIpc) is 2.47. The standard InChI is InChI=1S/C22H35N/c1-8-14-22(7,23)21(17(5)6)15-18(9-2)20-13-11-10-12-19(20)16(3)4/h8-13,16-17,21H,1,14-15,23H2,2-7H3/b18-9-. The first kappa shape index (κ1) is 19.7. The molecule has 23 heavy (non-hydrogen) atoms. The Morgan fingerprint density at radius 1 is 1.22 bits per heavy atom. The van der Waals surface area contributed by atoms with Crippen LogP contribution in [0.25, 0.3) is 5.57 Å². The third-order valence-corrected chi connectivity index (χ3v) is 4.95. The zero-order chi connectivity index (χ0) is 17.6. The van der Waals surface area contributed by atoms with Crippen molar-refractivity contribution in [2.24, 2.45) is 17.6 Å². The Kier molecular flexibility index (Phi) is 7.28. The molecule has 0 aliphatic rings. The highest BCUT2D eigenvalue weighted by Gasteiger charge is 2.32. The van der Waals surface area contributed by atoms with E-state index < -0.39 is 0 Å². The molecule has 128 valence electrons. The van der Waals surface area contributed by atoms with Crippen LogP contribution in [0.3, 0.4) is 0 Å². The normalized spacial score (nSPS) is 16.5. The summed E-state index contributed by atoms with van der Waals surface area (Å²) >= 11 is 0. The number of nitrogens with two attached hydrogens (primary N) is 1. The summed E-state index contributed by atoms with van der Waals surface area (Å²) in [5, 5.41) is 0. The Morgan fingerprint density at radius 3 is 2.30 bits per heavy atom. The van der Waals surface area contributed by atoms with E-state index in [-0.39, 0.29) is 5.54 Å². The summed E-state index contributed by atoms with van der Waals surface area (Å²) in [4.78, 5) is 0. The van der Waals surface area contributed by atoms with Crippen molar-refractivity contribution in [3.05, 3.63) is 54.1 Å². The molecule has 0 radical (unpaired) electrons. The van der Waals surface area contributed by atoms with Gasteiger partial charge in [-0.25, -0.2) is 0 Å². The quantitative estimate of drug-likeness (QED) is 0.571. The van der Waals surface area contributed by atoms with E-state index in [2.05, 4.69) is 78.5 Å². The van der Waals surface area contributed by atoms with E-state index in [0.717, 1.165) is 12.8 Å². The average molecular weight is 314 g/mol. The van der Waals surface area contributed by atoms with Crippen LogP contribution in [-0.4, -0.2) is 5.54 Å². The fourth-order valence-corrected chi connectivity index (χ4v) is 3.61. The molecule has 2 atom stereocenters. The van der Waals surface area contributed by atoms with Crippen molar-refractivity contribution in [1.82, 2.24) is 0 Å². The van der Waals surface area contributed by atoms with Crippen LogP contribution >= 0.6 is 0 Å². The minimum absolute atomic E-state index is 0.225. The monoisotopic (exact) mass is 313 g/mol. The van der Waals surface area contributed by atoms with Crippen molar-refractivity contribution in [3.8, 4) is 0 Å². The lowest BCUT2D eigenvalue weighted by atomic mass is 9.72. The van der Waals surface area contributed by atoms with E-state index in [4.69, 9.17) is 5.73 Å². The lowest BCUT2D eigenvalue weighted by molar-refractivity contribution is 0.231. The van der Waals surface area contributed by atoms with E-state index in [1.807, 2.05) is 6.08 Å². The maximum atomic E-state index is 6.65. The highest BCUT2D eigenvalue weighted by molar-refractivity contribution is 5.69. The van der Waals surface area contributed by atoms with E-state index >= 15 is 0 Å². The number of benzene rings is 1. The van der Waals surface area contributed by atoms with Crippen LogP contribution in [0.4, 0.5) is 0 Å². The van der Waals surface area contributed by atoms with Crippen LogP contribution in [0.15, 0.2) is 43.0 Å². The maximum Gasteiger partial charge on any atom is 0.0194 e. The van der Waals surface area contributed by atoms with Crippen LogP contribution in [0, 0.1) is 11.8 Å². The van der Waals surface area contributed by atoms with E-state index in [0.29, 0.717) is 17.8 Å². The van der Waals surface area contributed by atoms with Crippen molar-refractivity contribution in [3.63, 3.8) is 0 Å². The third kappa shape index (κ3) is 5.07. The summed E-state index contributed by atoms with van der Waals surface area (Å²) in [7, 11) is 0. The zero-order valence-electron chi connectivity index (χ0n) is 15.9. The highest BCUT2D eigenvalue weighted by Crippen LogP contribution is 2.37. The molecule has 0 fully saturated rings. The minimum atomic E-state index is -0.225. The highest BCUT2D eigenvalue weighted by atomic mass is 14.7. The Hall–Kier alpha value is -1.34. The molecule has 0 aliphatic heterocycles. The molecule has 1 aromatic rings. The summed E-state index contributed by atoms with van der Waals surface area (Å²) in [6.07, 6.45) is 6.07. The Balaban J connectivity index is 3.19. The zero-order valence-corrected chi connectivity index (χ0v) is 15.9. The first-order chi connectivity index (χ1) is 10.7.